The number of aryl methyl sites for hydroxylation is 1. The minimum Gasteiger partial charge on any atom is -0.306 e. The van der Waals surface area contributed by atoms with Crippen LogP contribution >= 0.6 is 0 Å². The van der Waals surface area contributed by atoms with Gasteiger partial charge >= 0.3 is 0 Å². The minimum atomic E-state index is 0.223. The molecule has 0 aromatic heterocycles. The summed E-state index contributed by atoms with van der Waals surface area (Å²) in [6, 6.07) is 18.1. The van der Waals surface area contributed by atoms with Crippen LogP contribution in [0.1, 0.15) is 56.0 Å². The van der Waals surface area contributed by atoms with Gasteiger partial charge in [-0.05, 0) is 36.0 Å². The van der Waals surface area contributed by atoms with Crippen LogP contribution in [0.3, 0.4) is 0 Å². The molecule has 0 aliphatic rings. The Morgan fingerprint density at radius 2 is 1.48 bits per heavy atom. The average molecular weight is 281 g/mol. The lowest BCUT2D eigenvalue weighted by Gasteiger charge is -2.19. The first kappa shape index (κ1) is 15.8. The zero-order chi connectivity index (χ0) is 15.5. The Kier molecular flexibility index (Phi) is 4.84. The molecule has 0 spiro atoms. The molecule has 0 unspecified atom stereocenters. The van der Waals surface area contributed by atoms with Gasteiger partial charge in [-0.2, -0.15) is 0 Å². The molecule has 0 aliphatic carbocycles. The van der Waals surface area contributed by atoms with E-state index >= 15 is 0 Å². The smallest absolute Gasteiger partial charge is 0.0294 e. The number of rotatable bonds is 4. The molecule has 0 radical (unpaired) electrons. The van der Waals surface area contributed by atoms with Crippen molar-refractivity contribution in [2.24, 2.45) is 0 Å². The van der Waals surface area contributed by atoms with E-state index in [0.717, 1.165) is 6.54 Å². The lowest BCUT2D eigenvalue weighted by molar-refractivity contribution is 0.571. The van der Waals surface area contributed by atoms with Crippen molar-refractivity contribution in [1.82, 2.24) is 5.32 Å². The molecule has 1 heteroatoms. The van der Waals surface area contributed by atoms with Gasteiger partial charge in [0.2, 0.25) is 0 Å². The Balaban J connectivity index is 1.95. The fraction of sp³-hybridized carbons (Fsp3) is 0.400. The summed E-state index contributed by atoms with van der Waals surface area (Å²) >= 11 is 0. The second-order valence-corrected chi connectivity index (χ2v) is 6.96. The van der Waals surface area contributed by atoms with Gasteiger partial charge in [0.05, 0.1) is 0 Å². The van der Waals surface area contributed by atoms with Crippen LogP contribution in [-0.2, 0) is 12.0 Å². The molecule has 1 atom stereocenters. The number of benzene rings is 2. The van der Waals surface area contributed by atoms with Crippen molar-refractivity contribution in [3.63, 3.8) is 0 Å². The van der Waals surface area contributed by atoms with Crippen LogP contribution in [0.4, 0.5) is 0 Å². The van der Waals surface area contributed by atoms with E-state index in [4.69, 9.17) is 0 Å². The molecular weight excluding hydrogens is 254 g/mol. The van der Waals surface area contributed by atoms with Crippen LogP contribution in [-0.4, -0.2) is 0 Å². The molecule has 2 aromatic carbocycles. The Hall–Kier alpha value is -1.60. The average Bonchev–Trinajstić information content (AvgIpc) is 2.45. The van der Waals surface area contributed by atoms with Crippen molar-refractivity contribution in [3.8, 4) is 0 Å². The van der Waals surface area contributed by atoms with Gasteiger partial charge < -0.3 is 5.32 Å². The molecule has 112 valence electrons. The standard InChI is InChI=1S/C20H27N/c1-15-6-10-18(11-7-15)16(2)21-14-17-8-12-19(13-9-17)20(3,4)5/h6-13,16,21H,14H2,1-5H3/t16-/m1/s1. The predicted octanol–water partition coefficient (Wildman–Crippen LogP) is 5.14. The molecule has 1 nitrogen and oxygen atoms in total. The predicted molar refractivity (Wildman–Crippen MR) is 91.6 cm³/mol. The van der Waals surface area contributed by atoms with Gasteiger partial charge in [0, 0.05) is 12.6 Å². The Labute approximate surface area is 129 Å². The molecule has 0 fully saturated rings. The maximum absolute atomic E-state index is 3.59. The van der Waals surface area contributed by atoms with E-state index in [9.17, 15) is 0 Å². The van der Waals surface area contributed by atoms with Crippen LogP contribution in [0, 0.1) is 6.92 Å². The van der Waals surface area contributed by atoms with Gasteiger partial charge in [-0.25, -0.2) is 0 Å². The Morgan fingerprint density at radius 3 is 2.00 bits per heavy atom. The van der Waals surface area contributed by atoms with E-state index in [0.29, 0.717) is 6.04 Å². The Bertz CT molecular complexity index is 558. The molecule has 0 saturated carbocycles. The highest BCUT2D eigenvalue weighted by molar-refractivity contribution is 5.28. The van der Waals surface area contributed by atoms with Crippen molar-refractivity contribution in [2.75, 3.05) is 0 Å². The third-order valence-corrected chi connectivity index (χ3v) is 4.01. The molecule has 0 heterocycles. The number of nitrogens with one attached hydrogen (secondary N) is 1. The molecule has 1 N–H and O–H groups in total. The third-order valence-electron chi connectivity index (χ3n) is 4.01. The van der Waals surface area contributed by atoms with E-state index in [1.165, 1.54) is 22.3 Å². The molecule has 0 aliphatic heterocycles. The van der Waals surface area contributed by atoms with Crippen LogP contribution in [0.2, 0.25) is 0 Å². The first-order valence-electron chi connectivity index (χ1n) is 7.75. The van der Waals surface area contributed by atoms with Gasteiger partial charge in [0.25, 0.3) is 0 Å². The second-order valence-electron chi connectivity index (χ2n) is 6.96. The SMILES string of the molecule is Cc1ccc([C@@H](C)NCc2ccc(C(C)(C)C)cc2)cc1. The highest BCUT2D eigenvalue weighted by atomic mass is 14.9. The molecule has 0 saturated heterocycles. The van der Waals surface area contributed by atoms with Gasteiger partial charge in [-0.15, -0.1) is 0 Å². The van der Waals surface area contributed by atoms with Crippen molar-refractivity contribution in [1.29, 1.82) is 0 Å². The molecule has 0 bridgehead atoms. The van der Waals surface area contributed by atoms with Crippen LogP contribution < -0.4 is 5.32 Å². The van der Waals surface area contributed by atoms with Crippen molar-refractivity contribution in [2.45, 2.75) is 52.6 Å². The Morgan fingerprint density at radius 1 is 0.905 bits per heavy atom. The highest BCUT2D eigenvalue weighted by Gasteiger charge is 2.12. The molecule has 21 heavy (non-hydrogen) atoms. The molecule has 0 amide bonds. The van der Waals surface area contributed by atoms with Gasteiger partial charge in [0.15, 0.2) is 0 Å². The second kappa shape index (κ2) is 6.44. The summed E-state index contributed by atoms with van der Waals surface area (Å²) < 4.78 is 0. The van der Waals surface area contributed by atoms with Gasteiger partial charge in [-0.1, -0.05) is 74.9 Å². The normalized spacial score (nSPS) is 13.2. The van der Waals surface area contributed by atoms with Crippen molar-refractivity contribution < 1.29 is 0 Å². The summed E-state index contributed by atoms with van der Waals surface area (Å²) in [6.07, 6.45) is 0. The molecule has 2 rings (SSSR count). The van der Waals surface area contributed by atoms with E-state index in [1.54, 1.807) is 0 Å². The molecule has 2 aromatic rings. The van der Waals surface area contributed by atoms with Crippen LogP contribution in [0.5, 0.6) is 0 Å². The summed E-state index contributed by atoms with van der Waals surface area (Å²) in [4.78, 5) is 0. The highest BCUT2D eigenvalue weighted by Crippen LogP contribution is 2.22. The van der Waals surface area contributed by atoms with Crippen molar-refractivity contribution in [3.05, 3.63) is 70.8 Å². The van der Waals surface area contributed by atoms with Crippen LogP contribution in [0.25, 0.3) is 0 Å². The fourth-order valence-electron chi connectivity index (χ4n) is 2.37. The third kappa shape index (κ3) is 4.44. The number of hydrogen-bond donors (Lipinski definition) is 1. The summed E-state index contributed by atoms with van der Waals surface area (Å²) in [5.41, 5.74) is 5.59. The monoisotopic (exact) mass is 281 g/mol. The quantitative estimate of drug-likeness (QED) is 0.818. The largest absolute Gasteiger partial charge is 0.306 e. The van der Waals surface area contributed by atoms with Gasteiger partial charge in [-0.3, -0.25) is 0 Å². The zero-order valence-corrected chi connectivity index (χ0v) is 13.9. The molecular formula is C20H27N. The zero-order valence-electron chi connectivity index (χ0n) is 13.9. The van der Waals surface area contributed by atoms with Crippen LogP contribution in [0.15, 0.2) is 48.5 Å². The van der Waals surface area contributed by atoms with E-state index in [1.807, 2.05) is 0 Å². The first-order chi connectivity index (χ1) is 9.86. The van der Waals surface area contributed by atoms with Crippen molar-refractivity contribution >= 4 is 0 Å². The van der Waals surface area contributed by atoms with E-state index < -0.39 is 0 Å². The van der Waals surface area contributed by atoms with E-state index in [2.05, 4.69) is 88.5 Å². The number of hydrogen-bond acceptors (Lipinski definition) is 1. The summed E-state index contributed by atoms with van der Waals surface area (Å²) in [6.45, 7) is 12.0. The maximum atomic E-state index is 3.59. The topological polar surface area (TPSA) is 12.0 Å². The maximum Gasteiger partial charge on any atom is 0.0294 e. The first-order valence-corrected chi connectivity index (χ1v) is 7.75. The fourth-order valence-corrected chi connectivity index (χ4v) is 2.37. The summed E-state index contributed by atoms with van der Waals surface area (Å²) in [7, 11) is 0. The summed E-state index contributed by atoms with van der Waals surface area (Å²) in [5.74, 6) is 0. The van der Waals surface area contributed by atoms with Gasteiger partial charge in [0.1, 0.15) is 0 Å². The van der Waals surface area contributed by atoms with E-state index in [-0.39, 0.29) is 5.41 Å². The lowest BCUT2D eigenvalue weighted by Crippen LogP contribution is -2.18. The minimum absolute atomic E-state index is 0.223. The lowest BCUT2D eigenvalue weighted by atomic mass is 9.87. The summed E-state index contributed by atoms with van der Waals surface area (Å²) in [5, 5.41) is 3.59.